The van der Waals surface area contributed by atoms with E-state index < -0.39 is 10.3 Å². The molecule has 3 heteroatoms. The van der Waals surface area contributed by atoms with Crippen LogP contribution >= 0.6 is 15.9 Å². The van der Waals surface area contributed by atoms with E-state index in [1.54, 1.807) is 0 Å². The summed E-state index contributed by atoms with van der Waals surface area (Å²) in [6, 6.07) is 0. The first kappa shape index (κ1) is 6.65. The van der Waals surface area contributed by atoms with Gasteiger partial charge in [0, 0.05) is 0 Å². The highest BCUT2D eigenvalue weighted by Crippen LogP contribution is 2.72. The van der Waals surface area contributed by atoms with Crippen LogP contribution < -0.4 is 0 Å². The molecule has 2 saturated carbocycles. The highest BCUT2D eigenvalue weighted by atomic mass is 79.9. The molecule has 1 N–H and O–H groups in total. The minimum Gasteiger partial charge on any atom is -0.480 e. The second kappa shape index (κ2) is 1.58. The third kappa shape index (κ3) is 0.529. The molecule has 0 aromatic heterocycles. The molecule has 0 aliphatic heterocycles. The summed E-state index contributed by atoms with van der Waals surface area (Å²) < 4.78 is -0.530. The summed E-state index contributed by atoms with van der Waals surface area (Å²) in [5.41, 5.74) is 0.166. The van der Waals surface area contributed by atoms with E-state index in [4.69, 9.17) is 5.11 Å². The molecule has 0 saturated heterocycles. The fourth-order valence-corrected chi connectivity index (χ4v) is 2.83. The van der Waals surface area contributed by atoms with Gasteiger partial charge in [0.2, 0.25) is 0 Å². The number of carbonyl (C=O) groups is 1. The van der Waals surface area contributed by atoms with E-state index >= 15 is 0 Å². The molecule has 0 aromatic carbocycles. The van der Waals surface area contributed by atoms with Crippen LogP contribution in [0, 0.1) is 5.41 Å². The van der Waals surface area contributed by atoms with E-state index in [9.17, 15) is 4.79 Å². The molecule has 2 aliphatic rings. The van der Waals surface area contributed by atoms with E-state index in [1.165, 1.54) is 6.42 Å². The van der Waals surface area contributed by atoms with Crippen LogP contribution in [0.5, 0.6) is 0 Å². The minimum atomic E-state index is -0.674. The summed E-state index contributed by atoms with van der Waals surface area (Å²) in [6.07, 6.45) is 4.26. The molecule has 2 rings (SSSR count). The van der Waals surface area contributed by atoms with Crippen molar-refractivity contribution in [3.05, 3.63) is 0 Å². The topological polar surface area (TPSA) is 37.3 Å². The lowest BCUT2D eigenvalue weighted by atomic mass is 9.80. The third-order valence-electron chi connectivity index (χ3n) is 2.95. The molecule has 2 fully saturated rings. The van der Waals surface area contributed by atoms with Gasteiger partial charge >= 0.3 is 5.97 Å². The largest absolute Gasteiger partial charge is 0.480 e. The molecule has 1 unspecified atom stereocenters. The zero-order valence-electron chi connectivity index (χ0n) is 5.56. The third-order valence-corrected chi connectivity index (χ3v) is 4.41. The summed E-state index contributed by atoms with van der Waals surface area (Å²) >= 11 is 3.29. The first-order valence-corrected chi connectivity index (χ1v) is 4.32. The maximum Gasteiger partial charge on any atom is 0.321 e. The van der Waals surface area contributed by atoms with Crippen molar-refractivity contribution in [1.29, 1.82) is 0 Å². The Labute approximate surface area is 67.7 Å². The predicted octanol–water partition coefficient (Wildman–Crippen LogP) is 1.78. The zero-order chi connectivity index (χ0) is 7.41. The average molecular weight is 205 g/mol. The smallest absolute Gasteiger partial charge is 0.321 e. The SMILES string of the molecule is O=C(O)C1(Br)CC12CCC2. The molecule has 0 heterocycles. The summed E-state index contributed by atoms with van der Waals surface area (Å²) in [7, 11) is 0. The molecule has 0 amide bonds. The van der Waals surface area contributed by atoms with Gasteiger partial charge in [-0.05, 0) is 24.7 Å². The summed E-state index contributed by atoms with van der Waals surface area (Å²) in [5, 5.41) is 8.77. The predicted molar refractivity (Wildman–Crippen MR) is 40.2 cm³/mol. The lowest BCUT2D eigenvalue weighted by Gasteiger charge is -2.27. The molecule has 2 nitrogen and oxygen atoms in total. The first-order chi connectivity index (χ1) is 4.61. The van der Waals surface area contributed by atoms with Crippen LogP contribution in [-0.4, -0.2) is 15.4 Å². The quantitative estimate of drug-likeness (QED) is 0.662. The van der Waals surface area contributed by atoms with Crippen LogP contribution in [0.2, 0.25) is 0 Å². The summed E-state index contributed by atoms with van der Waals surface area (Å²) in [4.78, 5) is 10.6. The van der Waals surface area contributed by atoms with Gasteiger partial charge in [0.1, 0.15) is 4.32 Å². The van der Waals surface area contributed by atoms with Gasteiger partial charge in [0.05, 0.1) is 0 Å². The normalized spacial score (nSPS) is 40.9. The number of hydrogen-bond donors (Lipinski definition) is 1. The number of alkyl halides is 1. The number of carboxylic acids is 1. The van der Waals surface area contributed by atoms with Gasteiger partial charge in [0.25, 0.3) is 0 Å². The number of carboxylic acid groups (broad SMARTS) is 1. The highest BCUT2D eigenvalue weighted by Gasteiger charge is 2.73. The molecule has 1 atom stereocenters. The molecular formula is C7H9BrO2. The van der Waals surface area contributed by atoms with E-state index in [-0.39, 0.29) is 5.41 Å². The van der Waals surface area contributed by atoms with Crippen molar-refractivity contribution in [3.63, 3.8) is 0 Å². The van der Waals surface area contributed by atoms with Crippen molar-refractivity contribution in [2.24, 2.45) is 5.41 Å². The fraction of sp³-hybridized carbons (Fsp3) is 0.857. The van der Waals surface area contributed by atoms with E-state index in [0.717, 1.165) is 19.3 Å². The van der Waals surface area contributed by atoms with Crippen molar-refractivity contribution in [1.82, 2.24) is 0 Å². The van der Waals surface area contributed by atoms with Gasteiger partial charge in [-0.25, -0.2) is 0 Å². The number of halogens is 1. The van der Waals surface area contributed by atoms with E-state index in [2.05, 4.69) is 15.9 Å². The number of hydrogen-bond acceptors (Lipinski definition) is 1. The average Bonchev–Trinajstić information content (AvgIpc) is 2.37. The zero-order valence-corrected chi connectivity index (χ0v) is 7.15. The van der Waals surface area contributed by atoms with Gasteiger partial charge in [-0.2, -0.15) is 0 Å². The molecule has 2 aliphatic carbocycles. The molecule has 0 aromatic rings. The summed E-state index contributed by atoms with van der Waals surface area (Å²) in [5.74, 6) is -0.674. The van der Waals surface area contributed by atoms with Crippen LogP contribution in [0.3, 0.4) is 0 Å². The van der Waals surface area contributed by atoms with Crippen molar-refractivity contribution in [3.8, 4) is 0 Å². The monoisotopic (exact) mass is 204 g/mol. The second-order valence-electron chi connectivity index (χ2n) is 3.42. The van der Waals surface area contributed by atoms with Crippen molar-refractivity contribution in [2.45, 2.75) is 30.0 Å². The van der Waals surface area contributed by atoms with Crippen molar-refractivity contribution >= 4 is 21.9 Å². The van der Waals surface area contributed by atoms with Gasteiger partial charge in [-0.3, -0.25) is 4.79 Å². The van der Waals surface area contributed by atoms with Crippen LogP contribution in [-0.2, 0) is 4.79 Å². The maximum atomic E-state index is 10.6. The Hall–Kier alpha value is -0.0500. The van der Waals surface area contributed by atoms with Crippen LogP contribution in [0.15, 0.2) is 0 Å². The van der Waals surface area contributed by atoms with E-state index in [1.807, 2.05) is 0 Å². The molecule has 10 heavy (non-hydrogen) atoms. The molecule has 0 bridgehead atoms. The van der Waals surface area contributed by atoms with Gasteiger partial charge < -0.3 is 5.11 Å². The Bertz CT molecular complexity index is 198. The second-order valence-corrected chi connectivity index (χ2v) is 4.77. The minimum absolute atomic E-state index is 0.166. The number of rotatable bonds is 1. The molecular weight excluding hydrogens is 196 g/mol. The van der Waals surface area contributed by atoms with Gasteiger partial charge in [-0.1, -0.05) is 22.4 Å². The summed E-state index contributed by atoms with van der Waals surface area (Å²) in [6.45, 7) is 0. The van der Waals surface area contributed by atoms with Crippen LogP contribution in [0.1, 0.15) is 25.7 Å². The Morgan fingerprint density at radius 2 is 2.10 bits per heavy atom. The Morgan fingerprint density at radius 1 is 1.50 bits per heavy atom. The Kier molecular flexibility index (Phi) is 1.05. The lowest BCUT2D eigenvalue weighted by molar-refractivity contribution is -0.138. The standard InChI is InChI=1S/C7H9BrO2/c8-7(5(9)10)4-6(7)2-1-3-6/h1-4H2,(H,9,10). The van der Waals surface area contributed by atoms with E-state index in [0.29, 0.717) is 0 Å². The maximum absolute atomic E-state index is 10.6. The van der Waals surface area contributed by atoms with Crippen LogP contribution in [0.4, 0.5) is 0 Å². The Morgan fingerprint density at radius 3 is 2.20 bits per heavy atom. The van der Waals surface area contributed by atoms with Crippen molar-refractivity contribution in [2.75, 3.05) is 0 Å². The van der Waals surface area contributed by atoms with Gasteiger partial charge in [0.15, 0.2) is 0 Å². The van der Waals surface area contributed by atoms with Gasteiger partial charge in [-0.15, -0.1) is 0 Å². The van der Waals surface area contributed by atoms with Crippen molar-refractivity contribution < 1.29 is 9.90 Å². The molecule has 1 spiro atoms. The number of aliphatic carboxylic acids is 1. The molecule has 0 radical (unpaired) electrons. The fourth-order valence-electron chi connectivity index (χ4n) is 1.90. The Balaban J connectivity index is 2.16. The van der Waals surface area contributed by atoms with Crippen LogP contribution in [0.25, 0.3) is 0 Å². The molecule has 56 valence electrons. The lowest BCUT2D eigenvalue weighted by Crippen LogP contribution is -2.28. The first-order valence-electron chi connectivity index (χ1n) is 3.53. The highest BCUT2D eigenvalue weighted by molar-refractivity contribution is 9.10.